The molecule has 0 saturated heterocycles. The summed E-state index contributed by atoms with van der Waals surface area (Å²) in [6.07, 6.45) is 0. The Morgan fingerprint density at radius 2 is 0.400 bits per heavy atom. The molecule has 0 atom stereocenters. The Hall–Kier alpha value is -3.63. The minimum Gasteiger partial charge on any atom is -1.00 e. The topological polar surface area (TPSA) is 14.1 Å². The molecule has 0 saturated carbocycles. The Kier molecular flexibility index (Phi) is 8.86. The first kappa shape index (κ1) is 27.9. The minimum absolute atomic E-state index is 0. The quantitative estimate of drug-likeness (QED) is 0.201. The van der Waals surface area contributed by atoms with E-state index in [4.69, 9.17) is 4.17 Å². The van der Waals surface area contributed by atoms with Gasteiger partial charge in [0, 0.05) is 0 Å². The first-order chi connectivity index (χ1) is 19.3. The van der Waals surface area contributed by atoms with Crippen molar-refractivity contribution in [1.82, 2.24) is 4.17 Å². The Balaban J connectivity index is 0.00000323. The van der Waals surface area contributed by atoms with E-state index in [9.17, 15) is 0 Å². The van der Waals surface area contributed by atoms with Crippen molar-refractivity contribution < 1.29 is 17.0 Å². The average Bonchev–Trinajstić information content (AvgIpc) is 3.04. The predicted octanol–water partition coefficient (Wildman–Crippen LogP) is 3.41. The fourth-order valence-corrected chi connectivity index (χ4v) is 14.8. The van der Waals surface area contributed by atoms with Gasteiger partial charge >= 0.3 is 14.1 Å². The van der Waals surface area contributed by atoms with Crippen molar-refractivity contribution in [2.75, 3.05) is 0 Å². The van der Waals surface area contributed by atoms with E-state index in [0.29, 0.717) is 0 Å². The summed E-state index contributed by atoms with van der Waals surface area (Å²) in [5, 5.41) is 7.55. The van der Waals surface area contributed by atoms with Crippen molar-refractivity contribution >= 4 is 45.9 Å². The molecule has 0 aliphatic rings. The summed E-state index contributed by atoms with van der Waals surface area (Å²) < 4.78 is 6.38. The number of benzene rings is 6. The van der Waals surface area contributed by atoms with Gasteiger partial charge in [-0.05, 0) is 72.8 Å². The molecule has 6 aromatic rings. The first-order valence-electron chi connectivity index (χ1n) is 13.2. The fourth-order valence-electron chi connectivity index (χ4n) is 5.27. The first-order valence-corrected chi connectivity index (χ1v) is 16.7. The van der Waals surface area contributed by atoms with E-state index < -0.39 is 14.1 Å². The van der Waals surface area contributed by atoms with E-state index in [1.54, 1.807) is 0 Å². The molecule has 0 aromatic heterocycles. The third-order valence-electron chi connectivity index (χ3n) is 7.05. The summed E-state index contributed by atoms with van der Waals surface area (Å²) in [7, 11) is -4.99. The smallest absolute Gasteiger partial charge is 0.301 e. The van der Waals surface area contributed by atoms with Gasteiger partial charge in [-0.15, -0.1) is 4.17 Å². The van der Waals surface area contributed by atoms with Gasteiger partial charge in [-0.3, -0.25) is 0 Å². The molecule has 6 rings (SSSR count). The molecule has 196 valence electrons. The number of hydrogen-bond acceptors (Lipinski definition) is 0. The number of nitrogens with zero attached hydrogens (tertiary/aromatic N) is 1. The molecule has 0 bridgehead atoms. The van der Waals surface area contributed by atoms with E-state index >= 15 is 0 Å². The molecular formula is C36H30BrNP2. The maximum absolute atomic E-state index is 6.38. The summed E-state index contributed by atoms with van der Waals surface area (Å²) >= 11 is 0. The van der Waals surface area contributed by atoms with Crippen LogP contribution < -0.4 is 53.0 Å². The van der Waals surface area contributed by atoms with Crippen molar-refractivity contribution in [2.45, 2.75) is 0 Å². The Morgan fingerprint density at radius 1 is 0.250 bits per heavy atom. The van der Waals surface area contributed by atoms with Gasteiger partial charge in [0.2, 0.25) is 0 Å². The van der Waals surface area contributed by atoms with Gasteiger partial charge < -0.3 is 17.0 Å². The molecule has 40 heavy (non-hydrogen) atoms. The zero-order valence-electron chi connectivity index (χ0n) is 22.0. The predicted molar refractivity (Wildman–Crippen MR) is 172 cm³/mol. The van der Waals surface area contributed by atoms with Crippen molar-refractivity contribution in [3.05, 3.63) is 182 Å². The second-order valence-electron chi connectivity index (χ2n) is 9.37. The van der Waals surface area contributed by atoms with E-state index in [1.165, 1.54) is 31.8 Å². The Morgan fingerprint density at radius 3 is 0.550 bits per heavy atom. The van der Waals surface area contributed by atoms with E-state index in [1.807, 2.05) is 0 Å². The average molecular weight is 618 g/mol. The molecule has 0 N–H and O–H groups in total. The molecule has 0 spiro atoms. The molecule has 6 aromatic carbocycles. The van der Waals surface area contributed by atoms with Gasteiger partial charge in [0.1, 0.15) is 0 Å². The summed E-state index contributed by atoms with van der Waals surface area (Å²) in [5.41, 5.74) is 0. The molecule has 0 radical (unpaired) electrons. The monoisotopic (exact) mass is 617 g/mol. The molecule has 0 heterocycles. The summed E-state index contributed by atoms with van der Waals surface area (Å²) in [6, 6.07) is 65.7. The number of halogens is 1. The Labute approximate surface area is 248 Å². The van der Waals surface area contributed by atoms with Crippen LogP contribution >= 0.6 is 14.1 Å². The lowest BCUT2D eigenvalue weighted by Gasteiger charge is -2.20. The maximum Gasteiger partial charge on any atom is 0.301 e. The molecule has 0 amide bonds. The standard InChI is InChI=1S/C36H30NP2.BrH/c1-7-19-31(20-8-1)38(32-21-9-2-10-22-32,33-23-11-3-12-24-33)37-39(34-25-13-4-14-26-34,35-27-15-5-16-28-35)36-29-17-6-18-30-36;/h1-30H;1H/q+1;/p-1. The van der Waals surface area contributed by atoms with Crippen molar-refractivity contribution in [3.63, 3.8) is 0 Å². The molecule has 0 aliphatic carbocycles. The highest BCUT2D eigenvalue weighted by atomic mass is 79.9. The zero-order chi connectivity index (χ0) is 26.4. The third-order valence-corrected chi connectivity index (χ3v) is 15.5. The zero-order valence-corrected chi connectivity index (χ0v) is 25.4. The molecular weight excluding hydrogens is 588 g/mol. The van der Waals surface area contributed by atoms with Crippen LogP contribution in [0.1, 0.15) is 0 Å². The van der Waals surface area contributed by atoms with E-state index in [0.717, 1.165) is 0 Å². The van der Waals surface area contributed by atoms with Crippen LogP contribution in [0, 0.1) is 0 Å². The fraction of sp³-hybridized carbons (Fsp3) is 0. The van der Waals surface area contributed by atoms with Crippen molar-refractivity contribution in [1.29, 1.82) is 0 Å². The molecule has 0 unspecified atom stereocenters. The highest BCUT2D eigenvalue weighted by molar-refractivity contribution is 7.93. The molecule has 0 fully saturated rings. The van der Waals surface area contributed by atoms with Crippen LogP contribution in [0.4, 0.5) is 0 Å². The van der Waals surface area contributed by atoms with Crippen LogP contribution in [0.5, 0.6) is 0 Å². The SMILES string of the molecule is [Br-].c1ccc(P(=[N+]=P(c2ccccc2)(c2ccccc2)c2ccccc2)(c2ccccc2)c2ccccc2)cc1. The van der Waals surface area contributed by atoms with Crippen LogP contribution in [0.25, 0.3) is 0 Å². The highest BCUT2D eigenvalue weighted by Gasteiger charge is 2.44. The molecule has 1 nitrogen and oxygen atoms in total. The largest absolute Gasteiger partial charge is 1.00 e. The second-order valence-corrected chi connectivity index (χ2v) is 15.7. The molecule has 4 heteroatoms. The van der Waals surface area contributed by atoms with Crippen LogP contribution in [0.15, 0.2) is 182 Å². The van der Waals surface area contributed by atoms with Crippen LogP contribution in [0.3, 0.4) is 0 Å². The lowest BCUT2D eigenvalue weighted by Crippen LogP contribution is -3.00. The molecule has 0 aliphatic heterocycles. The van der Waals surface area contributed by atoms with Gasteiger partial charge in [0.25, 0.3) is 0 Å². The van der Waals surface area contributed by atoms with Crippen LogP contribution in [0.2, 0.25) is 0 Å². The summed E-state index contributed by atoms with van der Waals surface area (Å²) in [5.74, 6) is 0. The second kappa shape index (κ2) is 12.7. The van der Waals surface area contributed by atoms with Gasteiger partial charge in [-0.1, -0.05) is 109 Å². The van der Waals surface area contributed by atoms with Crippen molar-refractivity contribution in [3.8, 4) is 0 Å². The Bertz CT molecular complexity index is 1430. The van der Waals surface area contributed by atoms with Gasteiger partial charge in [-0.2, -0.15) is 0 Å². The maximum atomic E-state index is 6.38. The normalized spacial score (nSPS) is 11.2. The van der Waals surface area contributed by atoms with Gasteiger partial charge in [0.15, 0.2) is 0 Å². The number of rotatable bonds is 6. The summed E-state index contributed by atoms with van der Waals surface area (Å²) in [4.78, 5) is 0. The third kappa shape index (κ3) is 5.13. The summed E-state index contributed by atoms with van der Waals surface area (Å²) in [6.45, 7) is 0. The highest BCUT2D eigenvalue weighted by Crippen LogP contribution is 2.50. The van der Waals surface area contributed by atoms with E-state index in [2.05, 4.69) is 182 Å². The van der Waals surface area contributed by atoms with Crippen LogP contribution in [-0.2, 0) is 0 Å². The van der Waals surface area contributed by atoms with E-state index in [-0.39, 0.29) is 17.0 Å². The van der Waals surface area contributed by atoms with Gasteiger partial charge in [0.05, 0.1) is 31.8 Å². The lowest BCUT2D eigenvalue weighted by atomic mass is 10.4. The number of hydrogen-bond donors (Lipinski definition) is 0. The van der Waals surface area contributed by atoms with Gasteiger partial charge in [-0.25, -0.2) is 0 Å². The lowest BCUT2D eigenvalue weighted by molar-refractivity contribution is -0.00000752. The van der Waals surface area contributed by atoms with Crippen LogP contribution in [-0.4, -0.2) is 0 Å². The van der Waals surface area contributed by atoms with Crippen molar-refractivity contribution in [2.24, 2.45) is 0 Å². The minimum atomic E-state index is -2.50.